The van der Waals surface area contributed by atoms with E-state index in [1.165, 1.54) is 12.1 Å². The number of benzene rings is 2. The summed E-state index contributed by atoms with van der Waals surface area (Å²) >= 11 is 5.66. The lowest BCUT2D eigenvalue weighted by molar-refractivity contribution is -0.125. The number of aryl methyl sites for hydroxylation is 2. The van der Waals surface area contributed by atoms with Crippen molar-refractivity contribution in [3.8, 4) is 0 Å². The molecule has 1 heterocycles. The number of rotatable bonds is 3. The molecule has 6 heteroatoms. The predicted octanol–water partition coefficient (Wildman–Crippen LogP) is 4.24. The Morgan fingerprint density at radius 3 is 2.18 bits per heavy atom. The van der Waals surface area contributed by atoms with Gasteiger partial charge in [0, 0.05) is 25.5 Å². The van der Waals surface area contributed by atoms with Gasteiger partial charge in [-0.25, -0.2) is 4.39 Å². The van der Waals surface area contributed by atoms with Gasteiger partial charge in [-0.15, -0.1) is 0 Å². The fraction of sp³-hybridized carbons (Fsp3) is 0.273. The summed E-state index contributed by atoms with van der Waals surface area (Å²) in [6, 6.07) is 11.9. The predicted molar refractivity (Wildman–Crippen MR) is 115 cm³/mol. The minimum atomic E-state index is -0.440. The number of hydrogen-bond acceptors (Lipinski definition) is 2. The van der Waals surface area contributed by atoms with Gasteiger partial charge in [0.1, 0.15) is 5.82 Å². The van der Waals surface area contributed by atoms with Crippen LogP contribution in [0.2, 0.25) is 0 Å². The summed E-state index contributed by atoms with van der Waals surface area (Å²) in [5, 5.41) is 3.79. The Labute approximate surface area is 170 Å². The highest BCUT2D eigenvalue weighted by Gasteiger charge is 2.35. The van der Waals surface area contributed by atoms with E-state index in [1.807, 2.05) is 37.8 Å². The fourth-order valence-electron chi connectivity index (χ4n) is 3.56. The monoisotopic (exact) mass is 397 g/mol. The lowest BCUT2D eigenvalue weighted by atomic mass is 9.93. The van der Waals surface area contributed by atoms with Crippen LogP contribution in [0.25, 0.3) is 0 Å². The third-order valence-corrected chi connectivity index (χ3v) is 5.09. The molecule has 4 nitrogen and oxygen atoms in total. The molecule has 0 spiro atoms. The zero-order chi connectivity index (χ0) is 20.6. The van der Waals surface area contributed by atoms with Crippen molar-refractivity contribution in [1.29, 1.82) is 0 Å². The zero-order valence-corrected chi connectivity index (χ0v) is 17.5. The highest BCUT2D eigenvalue weighted by Crippen LogP contribution is 2.35. The number of anilines is 1. The molecule has 1 atom stereocenters. The molecular weight excluding hydrogens is 373 g/mol. The maximum absolute atomic E-state index is 13.4. The summed E-state index contributed by atoms with van der Waals surface area (Å²) in [5.74, 6) is -0.434. The third kappa shape index (κ3) is 3.78. The summed E-state index contributed by atoms with van der Waals surface area (Å²) in [4.78, 5) is 16.5. The first kappa shape index (κ1) is 20.0. The molecule has 0 saturated carbocycles. The maximum atomic E-state index is 13.4. The van der Waals surface area contributed by atoms with E-state index in [0.29, 0.717) is 10.7 Å². The van der Waals surface area contributed by atoms with Crippen molar-refractivity contribution in [2.75, 3.05) is 19.0 Å². The molecule has 0 saturated heterocycles. The highest BCUT2D eigenvalue weighted by molar-refractivity contribution is 7.80. The number of amides is 1. The van der Waals surface area contributed by atoms with Gasteiger partial charge in [0.05, 0.1) is 11.6 Å². The average molecular weight is 398 g/mol. The van der Waals surface area contributed by atoms with Crippen LogP contribution in [0.3, 0.4) is 0 Å². The second-order valence-corrected chi connectivity index (χ2v) is 7.70. The average Bonchev–Trinajstić information content (AvgIpc) is 2.60. The summed E-state index contributed by atoms with van der Waals surface area (Å²) in [7, 11) is 3.44. The van der Waals surface area contributed by atoms with Crippen LogP contribution in [0.15, 0.2) is 53.7 Å². The molecule has 146 valence electrons. The molecule has 28 heavy (non-hydrogen) atoms. The van der Waals surface area contributed by atoms with Gasteiger partial charge in [-0.05, 0) is 73.9 Å². The number of likely N-dealkylation sites (N-methyl/N-ethyl adjacent to an activating group) is 1. The molecule has 0 aromatic heterocycles. The number of carbonyl (C=O) groups excluding carboxylic acids is 1. The van der Waals surface area contributed by atoms with Crippen molar-refractivity contribution in [3.05, 3.63) is 76.2 Å². The van der Waals surface area contributed by atoms with Crippen LogP contribution in [0.1, 0.15) is 29.7 Å². The molecule has 0 fully saturated rings. The van der Waals surface area contributed by atoms with Crippen molar-refractivity contribution in [3.63, 3.8) is 0 Å². The lowest BCUT2D eigenvalue weighted by Gasteiger charge is -2.38. The number of allylic oxidation sites excluding steroid dienone is 1. The summed E-state index contributed by atoms with van der Waals surface area (Å²) < 4.78 is 13.4. The molecule has 1 aliphatic heterocycles. The summed E-state index contributed by atoms with van der Waals surface area (Å²) in [6.07, 6.45) is 0. The zero-order valence-electron chi connectivity index (χ0n) is 16.7. The molecular formula is C22H24FN3OS. The molecule has 2 aromatic rings. The molecule has 1 unspecified atom stereocenters. The fourth-order valence-corrected chi connectivity index (χ4v) is 3.92. The van der Waals surface area contributed by atoms with Crippen LogP contribution in [0.5, 0.6) is 0 Å². The third-order valence-electron chi connectivity index (χ3n) is 4.79. The van der Waals surface area contributed by atoms with E-state index in [1.54, 1.807) is 31.1 Å². The number of nitrogens with zero attached hydrogens (tertiary/aromatic N) is 2. The summed E-state index contributed by atoms with van der Waals surface area (Å²) in [6.45, 7) is 5.96. The Bertz CT molecular complexity index is 946. The van der Waals surface area contributed by atoms with Crippen molar-refractivity contribution in [2.45, 2.75) is 26.8 Å². The number of hydrogen-bond donors (Lipinski definition) is 1. The van der Waals surface area contributed by atoms with Crippen LogP contribution in [0, 0.1) is 19.7 Å². The smallest absolute Gasteiger partial charge is 0.253 e. The molecule has 1 amide bonds. The highest BCUT2D eigenvalue weighted by atomic mass is 32.1. The first-order valence-electron chi connectivity index (χ1n) is 9.06. The van der Waals surface area contributed by atoms with Crippen molar-refractivity contribution < 1.29 is 9.18 Å². The summed E-state index contributed by atoms with van der Waals surface area (Å²) in [5.41, 5.74) is 5.28. The van der Waals surface area contributed by atoms with Crippen molar-refractivity contribution in [2.24, 2.45) is 0 Å². The molecule has 3 rings (SSSR count). The molecule has 1 N–H and O–H groups in total. The topological polar surface area (TPSA) is 35.6 Å². The largest absolute Gasteiger partial charge is 0.351 e. The van der Waals surface area contributed by atoms with Gasteiger partial charge in [0.25, 0.3) is 5.91 Å². The number of nitrogens with one attached hydrogen (secondary N) is 1. The number of thiocarbonyl (C=S) groups is 1. The lowest BCUT2D eigenvalue weighted by Crippen LogP contribution is -2.49. The minimum Gasteiger partial charge on any atom is -0.351 e. The molecule has 2 aromatic carbocycles. The maximum Gasteiger partial charge on any atom is 0.253 e. The van der Waals surface area contributed by atoms with E-state index >= 15 is 0 Å². The first-order chi connectivity index (χ1) is 13.2. The van der Waals surface area contributed by atoms with Gasteiger partial charge in [-0.2, -0.15) is 0 Å². The van der Waals surface area contributed by atoms with E-state index in [9.17, 15) is 9.18 Å². The van der Waals surface area contributed by atoms with E-state index < -0.39 is 6.04 Å². The SMILES string of the molecule is CC1=C(C(=O)N(C)C)C(c2ccc(F)cc2)NC(=S)N1c1cc(C)cc(C)c1. The molecule has 1 aliphatic rings. The Morgan fingerprint density at radius 1 is 1.07 bits per heavy atom. The molecule has 0 aliphatic carbocycles. The molecule has 0 radical (unpaired) electrons. The van der Waals surface area contributed by atoms with E-state index in [-0.39, 0.29) is 11.7 Å². The van der Waals surface area contributed by atoms with Gasteiger partial charge < -0.3 is 10.2 Å². The molecule has 0 bridgehead atoms. The first-order valence-corrected chi connectivity index (χ1v) is 9.46. The number of halogens is 1. The van der Waals surface area contributed by atoms with Gasteiger partial charge in [-0.3, -0.25) is 9.69 Å². The Morgan fingerprint density at radius 2 is 1.64 bits per heavy atom. The normalized spacial score (nSPS) is 16.9. The van der Waals surface area contributed by atoms with Crippen LogP contribution in [-0.2, 0) is 4.79 Å². The van der Waals surface area contributed by atoms with Gasteiger partial charge in [0.15, 0.2) is 5.11 Å². The minimum absolute atomic E-state index is 0.115. The van der Waals surface area contributed by atoms with Crippen molar-refractivity contribution >= 4 is 28.9 Å². The van der Waals surface area contributed by atoms with E-state index in [0.717, 1.165) is 28.1 Å². The van der Waals surface area contributed by atoms with Crippen LogP contribution in [-0.4, -0.2) is 30.0 Å². The van der Waals surface area contributed by atoms with Crippen LogP contribution in [0.4, 0.5) is 10.1 Å². The quantitative estimate of drug-likeness (QED) is 0.786. The Kier molecular flexibility index (Phi) is 5.52. The van der Waals surface area contributed by atoms with Crippen LogP contribution >= 0.6 is 12.2 Å². The van der Waals surface area contributed by atoms with Crippen LogP contribution < -0.4 is 10.2 Å². The standard InChI is InChI=1S/C22H24FN3OS/c1-13-10-14(2)12-18(11-13)26-15(3)19(21(27)25(4)5)20(24-22(26)28)16-6-8-17(23)9-7-16/h6-12,20H,1-5H3,(H,24,28). The number of carbonyl (C=O) groups is 1. The van der Waals surface area contributed by atoms with E-state index in [2.05, 4.69) is 11.4 Å². The van der Waals surface area contributed by atoms with E-state index in [4.69, 9.17) is 12.2 Å². The van der Waals surface area contributed by atoms with Crippen molar-refractivity contribution in [1.82, 2.24) is 10.2 Å². The van der Waals surface area contributed by atoms with Gasteiger partial charge in [-0.1, -0.05) is 18.2 Å². The Hall–Kier alpha value is -2.73. The Balaban J connectivity index is 2.18. The van der Waals surface area contributed by atoms with Gasteiger partial charge in [0.2, 0.25) is 0 Å². The second kappa shape index (κ2) is 7.72. The second-order valence-electron chi connectivity index (χ2n) is 7.31. The van der Waals surface area contributed by atoms with Gasteiger partial charge >= 0.3 is 0 Å².